The summed E-state index contributed by atoms with van der Waals surface area (Å²) in [7, 11) is 0. The molecule has 0 fully saturated rings. The van der Waals surface area contributed by atoms with Crippen molar-refractivity contribution in [1.82, 2.24) is 0 Å². The molecule has 2 rings (SSSR count). The van der Waals surface area contributed by atoms with Crippen molar-refractivity contribution in [1.29, 1.82) is 0 Å². The first-order valence-corrected chi connectivity index (χ1v) is 7.10. The standard InChI is InChI=1S/C16H16BrNO2/c1-16(15(19)20,11-12-5-3-2-4-6-12)18-14-9-7-13(17)8-10-14/h2-10,18H,11H2,1H3,(H,19,20). The molecule has 0 saturated heterocycles. The summed E-state index contributed by atoms with van der Waals surface area (Å²) < 4.78 is 0.961. The van der Waals surface area contributed by atoms with Crippen molar-refractivity contribution in [2.75, 3.05) is 5.32 Å². The molecule has 0 aliphatic rings. The van der Waals surface area contributed by atoms with Crippen molar-refractivity contribution in [2.24, 2.45) is 0 Å². The summed E-state index contributed by atoms with van der Waals surface area (Å²) in [5.41, 5.74) is 0.728. The highest BCUT2D eigenvalue weighted by Gasteiger charge is 2.33. The lowest BCUT2D eigenvalue weighted by molar-refractivity contribution is -0.141. The smallest absolute Gasteiger partial charge is 0.329 e. The lowest BCUT2D eigenvalue weighted by Gasteiger charge is -2.27. The number of carboxylic acids is 1. The molecule has 4 heteroatoms. The van der Waals surface area contributed by atoms with Crippen molar-refractivity contribution in [3.8, 4) is 0 Å². The molecule has 0 heterocycles. The molecule has 1 atom stereocenters. The molecular formula is C16H16BrNO2. The zero-order valence-electron chi connectivity index (χ0n) is 11.1. The Morgan fingerprint density at radius 2 is 1.75 bits per heavy atom. The first-order chi connectivity index (χ1) is 9.49. The fraction of sp³-hybridized carbons (Fsp3) is 0.188. The van der Waals surface area contributed by atoms with Crippen LogP contribution >= 0.6 is 15.9 Å². The Labute approximate surface area is 126 Å². The second kappa shape index (κ2) is 6.09. The maximum atomic E-state index is 11.6. The van der Waals surface area contributed by atoms with E-state index in [1.165, 1.54) is 0 Å². The van der Waals surface area contributed by atoms with Crippen LogP contribution in [-0.4, -0.2) is 16.6 Å². The van der Waals surface area contributed by atoms with Crippen LogP contribution in [0.25, 0.3) is 0 Å². The van der Waals surface area contributed by atoms with E-state index >= 15 is 0 Å². The number of carboxylic acid groups (broad SMARTS) is 1. The molecule has 0 radical (unpaired) electrons. The van der Waals surface area contributed by atoms with E-state index in [4.69, 9.17) is 0 Å². The van der Waals surface area contributed by atoms with Gasteiger partial charge in [0.1, 0.15) is 5.54 Å². The molecule has 3 nitrogen and oxygen atoms in total. The molecular weight excluding hydrogens is 318 g/mol. The Hall–Kier alpha value is -1.81. The number of hydrogen-bond donors (Lipinski definition) is 2. The summed E-state index contributed by atoms with van der Waals surface area (Å²) >= 11 is 3.36. The summed E-state index contributed by atoms with van der Waals surface area (Å²) in [6.07, 6.45) is 0.416. The molecule has 1 unspecified atom stereocenters. The first kappa shape index (κ1) is 14.6. The number of halogens is 1. The van der Waals surface area contributed by atoms with Gasteiger partial charge in [0.15, 0.2) is 0 Å². The average molecular weight is 334 g/mol. The molecule has 2 aromatic carbocycles. The van der Waals surface area contributed by atoms with Gasteiger partial charge in [-0.05, 0) is 36.8 Å². The summed E-state index contributed by atoms with van der Waals surface area (Å²) in [6, 6.07) is 17.1. The van der Waals surface area contributed by atoms with Gasteiger partial charge in [0, 0.05) is 16.6 Å². The molecule has 0 amide bonds. The molecule has 20 heavy (non-hydrogen) atoms. The van der Waals surface area contributed by atoms with E-state index in [0.717, 1.165) is 15.7 Å². The Balaban J connectivity index is 2.21. The van der Waals surface area contributed by atoms with Crippen LogP contribution in [-0.2, 0) is 11.2 Å². The van der Waals surface area contributed by atoms with Gasteiger partial charge in [-0.3, -0.25) is 0 Å². The summed E-state index contributed by atoms with van der Waals surface area (Å²) in [6.45, 7) is 1.70. The third-order valence-corrected chi connectivity index (χ3v) is 3.67. The molecule has 0 bridgehead atoms. The van der Waals surface area contributed by atoms with Crippen molar-refractivity contribution in [2.45, 2.75) is 18.9 Å². The fourth-order valence-corrected chi connectivity index (χ4v) is 2.29. The lowest BCUT2D eigenvalue weighted by Crippen LogP contribution is -2.45. The minimum Gasteiger partial charge on any atom is -0.480 e. The van der Waals surface area contributed by atoms with Gasteiger partial charge in [0.25, 0.3) is 0 Å². The largest absolute Gasteiger partial charge is 0.480 e. The topological polar surface area (TPSA) is 49.3 Å². The van der Waals surface area contributed by atoms with Gasteiger partial charge < -0.3 is 10.4 Å². The number of hydrogen-bond acceptors (Lipinski definition) is 2. The second-order valence-electron chi connectivity index (χ2n) is 4.93. The van der Waals surface area contributed by atoms with Crippen LogP contribution in [0.15, 0.2) is 59.1 Å². The molecule has 0 saturated carbocycles. The molecule has 0 aromatic heterocycles. The Kier molecular flexibility index (Phi) is 4.45. The number of nitrogens with one attached hydrogen (secondary N) is 1. The van der Waals surface area contributed by atoms with Gasteiger partial charge in [-0.2, -0.15) is 0 Å². The normalized spacial score (nSPS) is 13.5. The SMILES string of the molecule is CC(Cc1ccccc1)(Nc1ccc(Br)cc1)C(=O)O. The highest BCUT2D eigenvalue weighted by molar-refractivity contribution is 9.10. The van der Waals surface area contributed by atoms with Crippen LogP contribution in [0.3, 0.4) is 0 Å². The van der Waals surface area contributed by atoms with E-state index in [9.17, 15) is 9.90 Å². The quantitative estimate of drug-likeness (QED) is 0.871. The zero-order chi connectivity index (χ0) is 14.6. The second-order valence-corrected chi connectivity index (χ2v) is 5.85. The van der Waals surface area contributed by atoms with Crippen LogP contribution in [0.5, 0.6) is 0 Å². The Bertz CT molecular complexity index is 583. The third-order valence-electron chi connectivity index (χ3n) is 3.14. The van der Waals surface area contributed by atoms with E-state index in [0.29, 0.717) is 6.42 Å². The number of anilines is 1. The first-order valence-electron chi connectivity index (χ1n) is 6.31. The van der Waals surface area contributed by atoms with Crippen LogP contribution in [0, 0.1) is 0 Å². The number of benzene rings is 2. The van der Waals surface area contributed by atoms with E-state index in [1.54, 1.807) is 6.92 Å². The van der Waals surface area contributed by atoms with Crippen LogP contribution in [0.2, 0.25) is 0 Å². The van der Waals surface area contributed by atoms with Gasteiger partial charge in [-0.1, -0.05) is 46.3 Å². The number of rotatable bonds is 5. The minimum absolute atomic E-state index is 0.416. The molecule has 0 spiro atoms. The van der Waals surface area contributed by atoms with Gasteiger partial charge in [-0.15, -0.1) is 0 Å². The highest BCUT2D eigenvalue weighted by Crippen LogP contribution is 2.22. The zero-order valence-corrected chi connectivity index (χ0v) is 12.7. The summed E-state index contributed by atoms with van der Waals surface area (Å²) in [5.74, 6) is -0.871. The predicted molar refractivity (Wildman–Crippen MR) is 84.0 cm³/mol. The predicted octanol–water partition coefficient (Wildman–Crippen LogP) is 3.95. The van der Waals surface area contributed by atoms with Crippen molar-refractivity contribution < 1.29 is 9.90 Å². The van der Waals surface area contributed by atoms with Gasteiger partial charge >= 0.3 is 5.97 Å². The Morgan fingerprint density at radius 1 is 1.15 bits per heavy atom. The summed E-state index contributed by atoms with van der Waals surface area (Å²) in [4.78, 5) is 11.6. The molecule has 2 N–H and O–H groups in total. The maximum absolute atomic E-state index is 11.6. The number of carbonyl (C=O) groups is 1. The van der Waals surface area contributed by atoms with Gasteiger partial charge in [-0.25, -0.2) is 4.79 Å². The molecule has 0 aliphatic heterocycles. The highest BCUT2D eigenvalue weighted by atomic mass is 79.9. The number of aliphatic carboxylic acids is 1. The van der Waals surface area contributed by atoms with Gasteiger partial charge in [0.05, 0.1) is 0 Å². The Morgan fingerprint density at radius 3 is 2.30 bits per heavy atom. The fourth-order valence-electron chi connectivity index (χ4n) is 2.03. The average Bonchev–Trinajstić information content (AvgIpc) is 2.42. The van der Waals surface area contributed by atoms with Crippen molar-refractivity contribution in [3.63, 3.8) is 0 Å². The van der Waals surface area contributed by atoms with Crippen LogP contribution in [0.4, 0.5) is 5.69 Å². The van der Waals surface area contributed by atoms with E-state index < -0.39 is 11.5 Å². The molecule has 0 aliphatic carbocycles. The maximum Gasteiger partial charge on any atom is 0.329 e. The van der Waals surface area contributed by atoms with Crippen molar-refractivity contribution in [3.05, 3.63) is 64.6 Å². The van der Waals surface area contributed by atoms with Gasteiger partial charge in [0.2, 0.25) is 0 Å². The molecule has 2 aromatic rings. The van der Waals surface area contributed by atoms with Crippen LogP contribution < -0.4 is 5.32 Å². The summed E-state index contributed by atoms with van der Waals surface area (Å²) in [5, 5.41) is 12.6. The van der Waals surface area contributed by atoms with E-state index in [2.05, 4.69) is 21.2 Å². The minimum atomic E-state index is -1.05. The monoisotopic (exact) mass is 333 g/mol. The molecule has 104 valence electrons. The lowest BCUT2D eigenvalue weighted by atomic mass is 9.92. The van der Waals surface area contributed by atoms with E-state index in [-0.39, 0.29) is 0 Å². The van der Waals surface area contributed by atoms with E-state index in [1.807, 2.05) is 54.6 Å². The van der Waals surface area contributed by atoms with Crippen molar-refractivity contribution >= 4 is 27.6 Å². The van der Waals surface area contributed by atoms with Crippen LogP contribution in [0.1, 0.15) is 12.5 Å². The third kappa shape index (κ3) is 3.61.